The summed E-state index contributed by atoms with van der Waals surface area (Å²) in [5.41, 5.74) is 0. The number of halogens is 1. The van der Waals surface area contributed by atoms with Crippen LogP contribution in [0.25, 0.3) is 0 Å². The number of rotatable bonds is 4. The van der Waals surface area contributed by atoms with Gasteiger partial charge in [0, 0.05) is 17.1 Å². The Bertz CT molecular complexity index is 101. The van der Waals surface area contributed by atoms with Gasteiger partial charge in [0.1, 0.15) is 0 Å². The van der Waals surface area contributed by atoms with Gasteiger partial charge < -0.3 is 16.9 Å². The Morgan fingerprint density at radius 1 is 1.09 bits per heavy atom. The molecule has 0 aromatic rings. The van der Waals surface area contributed by atoms with E-state index >= 15 is 0 Å². The molecule has 0 aromatic heterocycles. The molecule has 0 spiro atoms. The molecule has 68 valence electrons. The van der Waals surface area contributed by atoms with Gasteiger partial charge in [-0.15, -0.1) is 0 Å². The second-order valence-electron chi connectivity index (χ2n) is 2.88. The molecule has 0 bridgehead atoms. The number of quaternary nitrogens is 1. The van der Waals surface area contributed by atoms with E-state index in [-0.39, 0.29) is 29.5 Å². The number of nitrogens with zero attached hydrogens (tertiary/aromatic N) is 1. The van der Waals surface area contributed by atoms with Crippen molar-refractivity contribution in [2.75, 3.05) is 27.2 Å². The van der Waals surface area contributed by atoms with Gasteiger partial charge in [0.15, 0.2) is 0 Å². The first-order valence-electron chi connectivity index (χ1n) is 3.16. The minimum absolute atomic E-state index is 0. The zero-order chi connectivity index (χ0) is 7.33. The number of hydrogen-bond donors (Lipinski definition) is 0. The predicted octanol–water partition coefficient (Wildman–Crippen LogP) is -1.56. The molecule has 1 nitrogen and oxygen atoms in total. The Morgan fingerprint density at radius 3 is 1.55 bits per heavy atom. The summed E-state index contributed by atoms with van der Waals surface area (Å²) in [6.45, 7) is 9.37. The summed E-state index contributed by atoms with van der Waals surface area (Å²) in [5, 5.41) is 0. The molecular formula is C8H16ClFeN. The Morgan fingerprint density at radius 2 is 1.36 bits per heavy atom. The first kappa shape index (κ1) is 17.4. The molecule has 0 aliphatic carbocycles. The molecule has 0 rings (SSSR count). The van der Waals surface area contributed by atoms with E-state index in [0.29, 0.717) is 0 Å². The van der Waals surface area contributed by atoms with Crippen LogP contribution in [-0.4, -0.2) is 31.7 Å². The number of hydrogen-bond acceptors (Lipinski definition) is 0. The van der Waals surface area contributed by atoms with Gasteiger partial charge in [-0.25, -0.2) is 0 Å². The van der Waals surface area contributed by atoms with Crippen LogP contribution in [0.5, 0.6) is 0 Å². The van der Waals surface area contributed by atoms with Crippen molar-refractivity contribution >= 4 is 0 Å². The van der Waals surface area contributed by atoms with Crippen molar-refractivity contribution < 1.29 is 34.0 Å². The Balaban J connectivity index is -0.000000320. The van der Waals surface area contributed by atoms with Gasteiger partial charge in [-0.05, 0) is 12.2 Å². The van der Waals surface area contributed by atoms with E-state index in [4.69, 9.17) is 0 Å². The van der Waals surface area contributed by atoms with Gasteiger partial charge in [0.05, 0.1) is 27.2 Å². The van der Waals surface area contributed by atoms with Crippen LogP contribution in [0.3, 0.4) is 0 Å². The summed E-state index contributed by atoms with van der Waals surface area (Å²) in [7, 11) is 4.31. The molecule has 0 amide bonds. The quantitative estimate of drug-likeness (QED) is 0.304. The number of likely N-dealkylation sites (N-methyl/N-ethyl adjacent to an activating group) is 1. The van der Waals surface area contributed by atoms with E-state index in [1.54, 1.807) is 0 Å². The van der Waals surface area contributed by atoms with Crippen molar-refractivity contribution in [3.05, 3.63) is 25.3 Å². The predicted molar refractivity (Wildman–Crippen MR) is 42.2 cm³/mol. The smallest absolute Gasteiger partial charge is 0.0969 e. The maximum absolute atomic E-state index is 3.68. The molecule has 0 aliphatic heterocycles. The van der Waals surface area contributed by atoms with Crippen molar-refractivity contribution in [2.24, 2.45) is 0 Å². The van der Waals surface area contributed by atoms with E-state index in [1.807, 2.05) is 12.2 Å². The van der Waals surface area contributed by atoms with Crippen molar-refractivity contribution in [3.8, 4) is 0 Å². The standard InChI is InChI=1S/C8H16N.ClH.Fe/c1-5-7-9(3,4)8-6-2;;/h5-6H,1-2,7-8H2,3-4H3;1H;/q+1;;/p-1. The molecule has 0 saturated heterocycles. The maximum Gasteiger partial charge on any atom is 0.0969 e. The van der Waals surface area contributed by atoms with Crippen LogP contribution in [0.2, 0.25) is 0 Å². The molecule has 11 heavy (non-hydrogen) atoms. The van der Waals surface area contributed by atoms with Crippen molar-refractivity contribution in [2.45, 2.75) is 0 Å². The SMILES string of the molecule is C=CC[N+](C)(C)CC=C.[Cl-].[Fe]. The first-order chi connectivity index (χ1) is 4.12. The van der Waals surface area contributed by atoms with Crippen LogP contribution in [0, 0.1) is 0 Å². The second kappa shape index (κ2) is 8.35. The maximum atomic E-state index is 3.68. The Labute approximate surface area is 86.6 Å². The van der Waals surface area contributed by atoms with Crippen LogP contribution >= 0.6 is 0 Å². The van der Waals surface area contributed by atoms with E-state index in [2.05, 4.69) is 27.3 Å². The van der Waals surface area contributed by atoms with E-state index in [0.717, 1.165) is 17.6 Å². The summed E-state index contributed by atoms with van der Waals surface area (Å²) in [5.74, 6) is 0. The average molecular weight is 218 g/mol. The summed E-state index contributed by atoms with van der Waals surface area (Å²) in [6, 6.07) is 0. The van der Waals surface area contributed by atoms with Gasteiger partial charge in [-0.2, -0.15) is 0 Å². The first-order valence-corrected chi connectivity index (χ1v) is 3.16. The summed E-state index contributed by atoms with van der Waals surface area (Å²) in [4.78, 5) is 0. The van der Waals surface area contributed by atoms with Crippen LogP contribution < -0.4 is 12.4 Å². The fourth-order valence-corrected chi connectivity index (χ4v) is 0.774. The summed E-state index contributed by atoms with van der Waals surface area (Å²) >= 11 is 0. The average Bonchev–Trinajstić information content (AvgIpc) is 1.64. The Kier molecular flexibility index (Phi) is 13.2. The molecule has 0 heterocycles. The molecular weight excluding hydrogens is 201 g/mol. The molecule has 0 aliphatic rings. The van der Waals surface area contributed by atoms with Crippen LogP contribution in [0.4, 0.5) is 0 Å². The third-order valence-electron chi connectivity index (χ3n) is 1.25. The van der Waals surface area contributed by atoms with E-state index < -0.39 is 0 Å². The van der Waals surface area contributed by atoms with E-state index in [1.165, 1.54) is 0 Å². The third kappa shape index (κ3) is 10.2. The Hall–Kier alpha value is 0.249. The molecule has 0 N–H and O–H groups in total. The fourth-order valence-electron chi connectivity index (χ4n) is 0.774. The van der Waals surface area contributed by atoms with Gasteiger partial charge in [0.25, 0.3) is 0 Å². The molecule has 0 aromatic carbocycles. The fraction of sp³-hybridized carbons (Fsp3) is 0.500. The normalized spacial score (nSPS) is 8.91. The van der Waals surface area contributed by atoms with Gasteiger partial charge in [-0.3, -0.25) is 0 Å². The summed E-state index contributed by atoms with van der Waals surface area (Å²) in [6.07, 6.45) is 3.87. The molecule has 0 saturated carbocycles. The molecule has 0 atom stereocenters. The zero-order valence-corrected chi connectivity index (χ0v) is 9.02. The van der Waals surface area contributed by atoms with Crippen LogP contribution in [-0.2, 0) is 17.1 Å². The van der Waals surface area contributed by atoms with Crippen LogP contribution in [0.15, 0.2) is 25.3 Å². The molecule has 0 radical (unpaired) electrons. The third-order valence-corrected chi connectivity index (χ3v) is 1.25. The van der Waals surface area contributed by atoms with Crippen LogP contribution in [0.1, 0.15) is 0 Å². The second-order valence-corrected chi connectivity index (χ2v) is 2.88. The molecule has 3 heteroatoms. The monoisotopic (exact) mass is 217 g/mol. The summed E-state index contributed by atoms with van der Waals surface area (Å²) < 4.78 is 0.951. The minimum Gasteiger partial charge on any atom is -1.00 e. The largest absolute Gasteiger partial charge is 1.00 e. The molecule has 0 unspecified atom stereocenters. The van der Waals surface area contributed by atoms with Gasteiger partial charge in [0.2, 0.25) is 0 Å². The minimum atomic E-state index is 0. The van der Waals surface area contributed by atoms with Gasteiger partial charge >= 0.3 is 0 Å². The zero-order valence-electron chi connectivity index (χ0n) is 7.16. The molecule has 0 fully saturated rings. The van der Waals surface area contributed by atoms with E-state index in [9.17, 15) is 0 Å². The topological polar surface area (TPSA) is 0 Å². The van der Waals surface area contributed by atoms with Crippen molar-refractivity contribution in [1.29, 1.82) is 0 Å². The van der Waals surface area contributed by atoms with Gasteiger partial charge in [-0.1, -0.05) is 13.2 Å². The van der Waals surface area contributed by atoms with Crippen molar-refractivity contribution in [3.63, 3.8) is 0 Å². The van der Waals surface area contributed by atoms with Crippen molar-refractivity contribution in [1.82, 2.24) is 0 Å².